The highest BCUT2D eigenvalue weighted by atomic mass is 16.5. The van der Waals surface area contributed by atoms with Gasteiger partial charge in [0.2, 0.25) is 17.7 Å². The first-order valence-corrected chi connectivity index (χ1v) is 19.4. The number of rotatable bonds is 10. The van der Waals surface area contributed by atoms with Gasteiger partial charge in [-0.15, -0.1) is 0 Å². The highest BCUT2D eigenvalue weighted by Crippen LogP contribution is 2.31. The molecule has 6 heterocycles. The van der Waals surface area contributed by atoms with Crippen LogP contribution in [0, 0.1) is 6.92 Å². The topological polar surface area (TPSA) is 173 Å². The minimum atomic E-state index is -0.438. The molecule has 2 aliphatic heterocycles. The Labute approximate surface area is 330 Å². The van der Waals surface area contributed by atoms with Gasteiger partial charge in [-0.1, -0.05) is 68.4 Å². The summed E-state index contributed by atoms with van der Waals surface area (Å²) in [5.41, 5.74) is 9.00. The maximum Gasteiger partial charge on any atom is 0.292 e. The van der Waals surface area contributed by atoms with E-state index in [1.165, 1.54) is 11.1 Å². The molecule has 3 amide bonds. The lowest BCUT2D eigenvalue weighted by Crippen LogP contribution is -2.47. The molecule has 0 spiro atoms. The van der Waals surface area contributed by atoms with Crippen molar-refractivity contribution in [3.63, 3.8) is 0 Å². The zero-order valence-corrected chi connectivity index (χ0v) is 32.6. The number of aromatic nitrogens is 6. The SMILES string of the molecule is Cc1cc(-c2ncnn3cc(-c4ccc(CN5CCC(c6ccc(NC7CCC(=O)NC7=O)nc6)CC5)cc4)cc23)ccc1CNC(=O)c1noc(C(C)(C)C)n1. The summed E-state index contributed by atoms with van der Waals surface area (Å²) in [5.74, 6) is 0.628. The molecule has 0 bridgehead atoms. The predicted octanol–water partition coefficient (Wildman–Crippen LogP) is 5.97. The number of fused-ring (bicyclic) bond motifs is 1. The standard InChI is InChI=1S/C43H46N10O4/c1-26-19-30(9-10-31(26)21-45-41(56)39-50-42(57-51-39)43(2,3)4)38-35-20-33(24-53(35)47-25-46-38)28-7-5-27(6-8-28)23-52-17-15-29(16-18-52)32-11-13-36(44-22-32)48-34-12-14-37(54)49-40(34)55/h5-11,13,19-20,22,24-25,29,34H,12,14-18,21,23H2,1-4H3,(H,44,48)(H,45,56)(H,49,54,55). The van der Waals surface area contributed by atoms with Gasteiger partial charge in [0.25, 0.3) is 11.7 Å². The average molecular weight is 767 g/mol. The number of aryl methyl sites for hydroxylation is 1. The molecule has 2 aromatic carbocycles. The molecule has 292 valence electrons. The van der Waals surface area contributed by atoms with Crippen LogP contribution in [0.1, 0.15) is 91.1 Å². The lowest BCUT2D eigenvalue weighted by atomic mass is 9.90. The van der Waals surface area contributed by atoms with Gasteiger partial charge in [-0.2, -0.15) is 10.1 Å². The third kappa shape index (κ3) is 8.46. The minimum absolute atomic E-state index is 0.0230. The first-order valence-electron chi connectivity index (χ1n) is 19.4. The number of hydrogen-bond donors (Lipinski definition) is 3. The van der Waals surface area contributed by atoms with Crippen molar-refractivity contribution in [2.45, 2.75) is 83.8 Å². The third-order valence-corrected chi connectivity index (χ3v) is 10.8. The van der Waals surface area contributed by atoms with Gasteiger partial charge in [0.05, 0.1) is 11.2 Å². The fourth-order valence-electron chi connectivity index (χ4n) is 7.45. The zero-order chi connectivity index (χ0) is 39.7. The number of likely N-dealkylation sites (tertiary alicyclic amines) is 1. The van der Waals surface area contributed by atoms with E-state index in [9.17, 15) is 14.4 Å². The van der Waals surface area contributed by atoms with Crippen molar-refractivity contribution in [2.75, 3.05) is 18.4 Å². The lowest BCUT2D eigenvalue weighted by molar-refractivity contribution is -0.133. The fraction of sp³-hybridized carbons (Fsp3) is 0.349. The zero-order valence-electron chi connectivity index (χ0n) is 32.6. The number of nitrogens with zero attached hydrogens (tertiary/aromatic N) is 7. The van der Waals surface area contributed by atoms with E-state index >= 15 is 0 Å². The molecule has 0 saturated carbocycles. The Morgan fingerprint density at radius 2 is 1.74 bits per heavy atom. The number of hydrogen-bond acceptors (Lipinski definition) is 11. The quantitative estimate of drug-likeness (QED) is 0.140. The smallest absolute Gasteiger partial charge is 0.292 e. The van der Waals surface area contributed by atoms with Gasteiger partial charge in [-0.25, -0.2) is 14.5 Å². The summed E-state index contributed by atoms with van der Waals surface area (Å²) in [4.78, 5) is 52.2. The normalized spacial score (nSPS) is 16.8. The molecule has 3 N–H and O–H groups in total. The molecule has 1 unspecified atom stereocenters. The molecule has 2 saturated heterocycles. The molecule has 14 nitrogen and oxygen atoms in total. The number of benzene rings is 2. The molecule has 4 aromatic heterocycles. The molecule has 57 heavy (non-hydrogen) atoms. The van der Waals surface area contributed by atoms with Crippen LogP contribution in [0.4, 0.5) is 5.82 Å². The molecule has 2 aliphatic rings. The first-order chi connectivity index (χ1) is 27.5. The summed E-state index contributed by atoms with van der Waals surface area (Å²) in [6.45, 7) is 11.1. The van der Waals surface area contributed by atoms with Crippen LogP contribution in [-0.2, 0) is 28.1 Å². The third-order valence-electron chi connectivity index (χ3n) is 10.8. The Morgan fingerprint density at radius 3 is 2.44 bits per heavy atom. The maximum absolute atomic E-state index is 12.7. The summed E-state index contributed by atoms with van der Waals surface area (Å²) in [6.07, 6.45) is 8.44. The van der Waals surface area contributed by atoms with Crippen LogP contribution in [0.3, 0.4) is 0 Å². The molecule has 14 heteroatoms. The van der Waals surface area contributed by atoms with Crippen molar-refractivity contribution >= 4 is 29.1 Å². The van der Waals surface area contributed by atoms with Gasteiger partial charge < -0.3 is 15.2 Å². The van der Waals surface area contributed by atoms with Crippen molar-refractivity contribution in [3.8, 4) is 22.4 Å². The number of amides is 3. The Balaban J connectivity index is 0.858. The van der Waals surface area contributed by atoms with Crippen molar-refractivity contribution in [1.82, 2.24) is 45.3 Å². The van der Waals surface area contributed by atoms with E-state index in [2.05, 4.69) is 88.5 Å². The van der Waals surface area contributed by atoms with Crippen LogP contribution in [0.2, 0.25) is 0 Å². The van der Waals surface area contributed by atoms with E-state index < -0.39 is 6.04 Å². The number of imide groups is 1. The molecule has 2 fully saturated rings. The lowest BCUT2D eigenvalue weighted by Gasteiger charge is -2.32. The highest BCUT2D eigenvalue weighted by molar-refractivity contribution is 6.01. The Bertz CT molecular complexity index is 2420. The van der Waals surface area contributed by atoms with Gasteiger partial charge in [-0.3, -0.25) is 24.6 Å². The van der Waals surface area contributed by atoms with Crippen LogP contribution < -0.4 is 16.0 Å². The van der Waals surface area contributed by atoms with Crippen molar-refractivity contribution in [3.05, 3.63) is 113 Å². The Hall–Kier alpha value is -6.28. The van der Waals surface area contributed by atoms with Gasteiger partial charge in [0.1, 0.15) is 18.2 Å². The van der Waals surface area contributed by atoms with Gasteiger partial charge in [0.15, 0.2) is 0 Å². The average Bonchev–Trinajstić information content (AvgIpc) is 3.89. The number of anilines is 1. The van der Waals surface area contributed by atoms with E-state index in [0.29, 0.717) is 37.0 Å². The molecule has 0 aliphatic carbocycles. The summed E-state index contributed by atoms with van der Waals surface area (Å²) >= 11 is 0. The van der Waals surface area contributed by atoms with Crippen molar-refractivity contribution in [1.29, 1.82) is 0 Å². The summed E-state index contributed by atoms with van der Waals surface area (Å²) in [5, 5.41) is 16.8. The number of carbonyl (C=O) groups is 3. The number of pyridine rings is 1. The van der Waals surface area contributed by atoms with Crippen LogP contribution >= 0.6 is 0 Å². The second kappa shape index (κ2) is 15.7. The largest absolute Gasteiger partial charge is 0.358 e. The molecule has 8 rings (SSSR count). The number of nitrogens with one attached hydrogen (secondary N) is 3. The monoisotopic (exact) mass is 766 g/mol. The number of carbonyl (C=O) groups excluding carboxylic acids is 3. The van der Waals surface area contributed by atoms with E-state index in [4.69, 9.17) is 4.52 Å². The van der Waals surface area contributed by atoms with Crippen molar-refractivity contribution < 1.29 is 18.9 Å². The maximum atomic E-state index is 12.7. The fourth-order valence-corrected chi connectivity index (χ4v) is 7.45. The van der Waals surface area contributed by atoms with Gasteiger partial charge in [0, 0.05) is 48.4 Å². The summed E-state index contributed by atoms with van der Waals surface area (Å²) in [7, 11) is 0. The van der Waals surface area contributed by atoms with Crippen LogP contribution in [0.5, 0.6) is 0 Å². The van der Waals surface area contributed by atoms with Crippen LogP contribution in [0.15, 0.2) is 83.9 Å². The molecular formula is C43H46N10O4. The van der Waals surface area contributed by atoms with E-state index in [1.807, 2.05) is 62.8 Å². The highest BCUT2D eigenvalue weighted by Gasteiger charge is 2.27. The second-order valence-corrected chi connectivity index (χ2v) is 16.0. The summed E-state index contributed by atoms with van der Waals surface area (Å²) in [6, 6.07) is 20.6. The Kier molecular flexibility index (Phi) is 10.4. The molecular weight excluding hydrogens is 721 g/mol. The second-order valence-electron chi connectivity index (χ2n) is 16.0. The van der Waals surface area contributed by atoms with E-state index in [0.717, 1.165) is 71.5 Å². The van der Waals surface area contributed by atoms with Gasteiger partial charge >= 0.3 is 0 Å². The van der Waals surface area contributed by atoms with E-state index in [-0.39, 0.29) is 29.0 Å². The molecule has 6 aromatic rings. The van der Waals surface area contributed by atoms with Gasteiger partial charge in [-0.05, 0) is 91.2 Å². The van der Waals surface area contributed by atoms with Crippen LogP contribution in [0.25, 0.3) is 27.9 Å². The molecule has 0 radical (unpaired) electrons. The van der Waals surface area contributed by atoms with Crippen LogP contribution in [-0.4, -0.2) is 71.5 Å². The Morgan fingerprint density at radius 1 is 0.947 bits per heavy atom. The molecule has 1 atom stereocenters. The first kappa shape index (κ1) is 37.6. The predicted molar refractivity (Wildman–Crippen MR) is 214 cm³/mol. The van der Waals surface area contributed by atoms with Crippen molar-refractivity contribution in [2.24, 2.45) is 0 Å². The van der Waals surface area contributed by atoms with E-state index in [1.54, 1.807) is 6.33 Å². The number of piperidine rings is 2. The summed E-state index contributed by atoms with van der Waals surface area (Å²) < 4.78 is 7.14. The minimum Gasteiger partial charge on any atom is -0.358 e.